The number of benzene rings is 2. The number of anilines is 1. The molecule has 1 saturated carbocycles. The molecule has 2 amide bonds. The first kappa shape index (κ1) is 28.5. The summed E-state index contributed by atoms with van der Waals surface area (Å²) < 4.78 is 82.5. The third-order valence-electron chi connectivity index (χ3n) is 7.37. The van der Waals surface area contributed by atoms with Crippen LogP contribution in [0.4, 0.5) is 32.2 Å². The monoisotopic (exact) mass is 579 g/mol. The Morgan fingerprint density at radius 3 is 2.27 bits per heavy atom. The summed E-state index contributed by atoms with van der Waals surface area (Å²) in [4.78, 5) is 27.2. The molecule has 1 aromatic heterocycles. The molecule has 1 atom stereocenters. The van der Waals surface area contributed by atoms with E-state index in [0.29, 0.717) is 11.1 Å². The average molecular weight is 580 g/mol. The lowest BCUT2D eigenvalue weighted by Crippen LogP contribution is -2.34. The lowest BCUT2D eigenvalue weighted by atomic mass is 10.0. The molecule has 2 N–H and O–H groups in total. The van der Waals surface area contributed by atoms with E-state index < -0.39 is 41.1 Å². The molecule has 0 saturated heterocycles. The number of rotatable bonds is 7. The molecule has 41 heavy (non-hydrogen) atoms. The van der Waals surface area contributed by atoms with Crippen molar-refractivity contribution >= 4 is 17.6 Å². The zero-order valence-electron chi connectivity index (χ0n) is 22.2. The molecule has 218 valence electrons. The van der Waals surface area contributed by atoms with Gasteiger partial charge in [0.15, 0.2) is 5.69 Å². The van der Waals surface area contributed by atoms with Gasteiger partial charge in [-0.25, -0.2) is 4.68 Å². The first-order chi connectivity index (χ1) is 19.1. The van der Waals surface area contributed by atoms with Crippen LogP contribution in [0.5, 0.6) is 0 Å². The molecule has 1 aliphatic heterocycles. The topological polar surface area (TPSA) is 79.3 Å². The van der Waals surface area contributed by atoms with Crippen molar-refractivity contribution in [3.8, 4) is 0 Å². The number of hydrogen-bond donors (Lipinski definition) is 2. The molecular formula is C28H27F6N5O2. The highest BCUT2D eigenvalue weighted by Gasteiger charge is 2.44. The van der Waals surface area contributed by atoms with Crippen LogP contribution in [0.3, 0.4) is 0 Å². The summed E-state index contributed by atoms with van der Waals surface area (Å²) in [6.45, 7) is 3.58. The van der Waals surface area contributed by atoms with Crippen LogP contribution >= 0.6 is 0 Å². The van der Waals surface area contributed by atoms with Gasteiger partial charge in [-0.1, -0.05) is 24.3 Å². The Hall–Kier alpha value is -4.03. The van der Waals surface area contributed by atoms with E-state index in [1.807, 2.05) is 6.92 Å². The smallest absolute Gasteiger partial charge is 0.350 e. The number of alkyl halides is 6. The maximum Gasteiger partial charge on any atom is 0.436 e. The van der Waals surface area contributed by atoms with Gasteiger partial charge in [-0.3, -0.25) is 9.59 Å². The van der Waals surface area contributed by atoms with Crippen molar-refractivity contribution in [1.82, 2.24) is 20.4 Å². The Balaban J connectivity index is 1.37. The van der Waals surface area contributed by atoms with Gasteiger partial charge >= 0.3 is 12.4 Å². The second-order valence-corrected chi connectivity index (χ2v) is 10.7. The van der Waals surface area contributed by atoms with Gasteiger partial charge < -0.3 is 15.5 Å². The summed E-state index contributed by atoms with van der Waals surface area (Å²) in [6, 6.07) is 10.2. The minimum absolute atomic E-state index is 0.0305. The zero-order chi connectivity index (χ0) is 29.7. The fourth-order valence-electron chi connectivity index (χ4n) is 4.81. The summed E-state index contributed by atoms with van der Waals surface area (Å²) >= 11 is 0. The Labute approximate surface area is 231 Å². The first-order valence-corrected chi connectivity index (χ1v) is 13.0. The molecule has 3 aromatic rings. The maximum atomic E-state index is 14.0. The molecular weight excluding hydrogens is 552 g/mol. The third-order valence-corrected chi connectivity index (χ3v) is 7.37. The average Bonchev–Trinajstić information content (AvgIpc) is 3.30. The predicted molar refractivity (Wildman–Crippen MR) is 137 cm³/mol. The highest BCUT2D eigenvalue weighted by Crippen LogP contribution is 2.39. The van der Waals surface area contributed by atoms with Gasteiger partial charge in [-0.05, 0) is 62.1 Å². The van der Waals surface area contributed by atoms with Gasteiger partial charge in [0.1, 0.15) is 11.4 Å². The van der Waals surface area contributed by atoms with Crippen LogP contribution in [0.1, 0.15) is 75.8 Å². The zero-order valence-corrected chi connectivity index (χ0v) is 22.2. The van der Waals surface area contributed by atoms with Crippen molar-refractivity contribution in [3.05, 3.63) is 82.0 Å². The number of carbonyl (C=O) groups is 2. The number of carbonyl (C=O) groups excluding carboxylic acids is 2. The van der Waals surface area contributed by atoms with Crippen molar-refractivity contribution in [2.75, 3.05) is 11.4 Å². The second-order valence-electron chi connectivity index (χ2n) is 10.7. The van der Waals surface area contributed by atoms with Crippen molar-refractivity contribution in [2.24, 2.45) is 0 Å². The Bertz CT molecular complexity index is 1470. The molecule has 13 heteroatoms. The fourth-order valence-corrected chi connectivity index (χ4v) is 4.81. The molecule has 2 aliphatic rings. The van der Waals surface area contributed by atoms with Crippen molar-refractivity contribution in [3.63, 3.8) is 0 Å². The van der Waals surface area contributed by atoms with E-state index in [-0.39, 0.29) is 42.5 Å². The van der Waals surface area contributed by atoms with Crippen molar-refractivity contribution in [2.45, 2.75) is 63.7 Å². The van der Waals surface area contributed by atoms with Crippen molar-refractivity contribution < 1.29 is 35.9 Å². The largest absolute Gasteiger partial charge is 0.436 e. The van der Waals surface area contributed by atoms with Crippen molar-refractivity contribution in [1.29, 1.82) is 0 Å². The number of nitrogens with one attached hydrogen (secondary N) is 2. The highest BCUT2D eigenvalue weighted by atomic mass is 19.4. The van der Waals surface area contributed by atoms with Gasteiger partial charge in [-0.15, -0.1) is 0 Å². The molecule has 0 unspecified atom stereocenters. The number of hydrogen-bond acceptors (Lipinski definition) is 4. The summed E-state index contributed by atoms with van der Waals surface area (Å²) in [5.41, 5.74) is -1.94. The van der Waals surface area contributed by atoms with Gasteiger partial charge in [0, 0.05) is 24.2 Å². The van der Waals surface area contributed by atoms with E-state index in [1.165, 1.54) is 17.0 Å². The standard InChI is InChI=1S/C28H27F6N5O2/c1-16(18-6-8-19(9-7-18)23(40)36-26(2)10-11-26)35-24(41)21-22(28(32,33)34)37-39-13-12-38(25(21)39)15-17-4-3-5-20(14-17)27(29,30)31/h3-9,14,16H,10-13,15H2,1-2H3,(H,35,41)(H,36,40)/t16-/m0/s1. The number of halogens is 6. The fraction of sp³-hybridized carbons (Fsp3) is 0.393. The third kappa shape index (κ3) is 6.03. The Morgan fingerprint density at radius 2 is 1.66 bits per heavy atom. The molecule has 0 bridgehead atoms. The van der Waals surface area contributed by atoms with Crippen LogP contribution in [0.25, 0.3) is 0 Å². The molecule has 1 fully saturated rings. The second kappa shape index (κ2) is 10.1. The quantitative estimate of drug-likeness (QED) is 0.352. The van der Waals surface area contributed by atoms with Gasteiger partial charge in [0.05, 0.1) is 18.2 Å². The molecule has 2 aromatic carbocycles. The molecule has 0 spiro atoms. The number of nitrogens with zero attached hydrogens (tertiary/aromatic N) is 3. The van der Waals surface area contributed by atoms with E-state index in [1.54, 1.807) is 31.2 Å². The van der Waals surface area contributed by atoms with Gasteiger partial charge in [0.25, 0.3) is 11.8 Å². The van der Waals surface area contributed by atoms with E-state index in [9.17, 15) is 35.9 Å². The summed E-state index contributed by atoms with van der Waals surface area (Å²) in [5, 5.41) is 9.16. The minimum atomic E-state index is -4.94. The van der Waals surface area contributed by atoms with E-state index in [2.05, 4.69) is 15.7 Å². The Morgan fingerprint density at radius 1 is 0.976 bits per heavy atom. The number of fused-ring (bicyclic) bond motifs is 1. The lowest BCUT2D eigenvalue weighted by Gasteiger charge is -2.21. The van der Waals surface area contributed by atoms with E-state index in [0.717, 1.165) is 29.7 Å². The summed E-state index contributed by atoms with van der Waals surface area (Å²) in [6.07, 6.45) is -7.72. The number of aromatic nitrogens is 2. The van der Waals surface area contributed by atoms with Crippen LogP contribution in [0, 0.1) is 0 Å². The SMILES string of the molecule is C[C@H](NC(=O)c1c(C(F)(F)F)nn2c1N(Cc1cccc(C(F)(F)F)c1)CC2)c1ccc(C(=O)NC2(C)CC2)cc1. The Kier molecular flexibility index (Phi) is 7.03. The molecule has 2 heterocycles. The number of amides is 2. The van der Waals surface area contributed by atoms with E-state index in [4.69, 9.17) is 0 Å². The minimum Gasteiger partial charge on any atom is -0.350 e. The lowest BCUT2D eigenvalue weighted by molar-refractivity contribution is -0.142. The van der Waals surface area contributed by atoms with Crippen LogP contribution < -0.4 is 15.5 Å². The summed E-state index contributed by atoms with van der Waals surface area (Å²) in [5.74, 6) is -1.37. The van der Waals surface area contributed by atoms with Crippen LogP contribution in [0.2, 0.25) is 0 Å². The van der Waals surface area contributed by atoms with Crippen LogP contribution in [-0.2, 0) is 25.4 Å². The first-order valence-electron chi connectivity index (χ1n) is 13.0. The summed E-state index contributed by atoms with van der Waals surface area (Å²) in [7, 11) is 0. The predicted octanol–water partition coefficient (Wildman–Crippen LogP) is 5.71. The molecule has 7 nitrogen and oxygen atoms in total. The molecule has 0 radical (unpaired) electrons. The highest BCUT2D eigenvalue weighted by molar-refractivity contribution is 6.01. The van der Waals surface area contributed by atoms with Gasteiger partial charge in [0.2, 0.25) is 0 Å². The van der Waals surface area contributed by atoms with Gasteiger partial charge in [-0.2, -0.15) is 31.4 Å². The molecule has 5 rings (SSSR count). The van der Waals surface area contributed by atoms with Crippen LogP contribution in [0.15, 0.2) is 48.5 Å². The van der Waals surface area contributed by atoms with E-state index >= 15 is 0 Å². The molecule has 1 aliphatic carbocycles. The van der Waals surface area contributed by atoms with Crippen LogP contribution in [-0.4, -0.2) is 33.7 Å². The maximum absolute atomic E-state index is 14.0. The normalized spacial score (nSPS) is 16.7.